The van der Waals surface area contributed by atoms with E-state index in [2.05, 4.69) is 21.2 Å². The maximum absolute atomic E-state index is 8.75. The van der Waals surface area contributed by atoms with Crippen LogP contribution in [0.3, 0.4) is 0 Å². The smallest absolute Gasteiger partial charge is 0.175 e. The van der Waals surface area contributed by atoms with Gasteiger partial charge < -0.3 is 19.9 Å². The summed E-state index contributed by atoms with van der Waals surface area (Å²) >= 11 is 3.55. The van der Waals surface area contributed by atoms with E-state index in [1.807, 2.05) is 26.1 Å². The van der Waals surface area contributed by atoms with Gasteiger partial charge in [-0.05, 0) is 66.9 Å². The Bertz CT molecular complexity index is 399. The number of rotatable bonds is 10. The molecule has 1 aromatic rings. The number of nitrogens with one attached hydrogen (secondary N) is 1. The molecule has 1 aromatic carbocycles. The number of hydrogen-bond acceptors (Lipinski definition) is 4. The highest BCUT2D eigenvalue weighted by atomic mass is 79.9. The number of benzene rings is 1. The molecule has 0 aromatic heterocycles. The van der Waals surface area contributed by atoms with Crippen LogP contribution < -0.4 is 14.8 Å². The van der Waals surface area contributed by atoms with Crippen molar-refractivity contribution in [1.82, 2.24) is 5.32 Å². The van der Waals surface area contributed by atoms with Gasteiger partial charge in [-0.15, -0.1) is 0 Å². The Morgan fingerprint density at radius 3 is 2.65 bits per heavy atom. The van der Waals surface area contributed by atoms with Crippen LogP contribution in [-0.2, 0) is 6.54 Å². The van der Waals surface area contributed by atoms with Crippen LogP contribution in [0.5, 0.6) is 11.5 Å². The van der Waals surface area contributed by atoms with E-state index in [1.54, 1.807) is 0 Å². The quantitative estimate of drug-likeness (QED) is 0.639. The largest absolute Gasteiger partial charge is 0.490 e. The minimum absolute atomic E-state index is 0.243. The van der Waals surface area contributed by atoms with Gasteiger partial charge in [0.05, 0.1) is 17.7 Å². The second-order valence-electron chi connectivity index (χ2n) is 4.50. The van der Waals surface area contributed by atoms with Gasteiger partial charge in [-0.25, -0.2) is 0 Å². The third-order valence-corrected chi connectivity index (χ3v) is 3.39. The lowest BCUT2D eigenvalue weighted by Crippen LogP contribution is -2.07. The van der Waals surface area contributed by atoms with Crippen molar-refractivity contribution in [2.24, 2.45) is 0 Å². The fraction of sp³-hybridized carbons (Fsp3) is 0.600. The fourth-order valence-electron chi connectivity index (χ4n) is 1.90. The first kappa shape index (κ1) is 17.3. The number of ether oxygens (including phenoxy) is 2. The Hall–Kier alpha value is -0.780. The van der Waals surface area contributed by atoms with E-state index in [0.29, 0.717) is 13.2 Å². The van der Waals surface area contributed by atoms with Crippen molar-refractivity contribution in [3.8, 4) is 11.5 Å². The van der Waals surface area contributed by atoms with E-state index in [4.69, 9.17) is 14.6 Å². The zero-order valence-corrected chi connectivity index (χ0v) is 13.8. The Kier molecular flexibility index (Phi) is 8.65. The molecule has 0 aliphatic rings. The first-order valence-electron chi connectivity index (χ1n) is 7.06. The van der Waals surface area contributed by atoms with Gasteiger partial charge in [0.15, 0.2) is 11.5 Å². The molecule has 0 radical (unpaired) electrons. The molecule has 0 aliphatic carbocycles. The standard InChI is InChI=1S/C15H24BrNO3/c1-3-19-14-10-12(11-17-2)9-13(16)15(14)20-8-6-4-5-7-18/h9-10,17-18H,3-8,11H2,1-2H3. The van der Waals surface area contributed by atoms with Crippen molar-refractivity contribution in [2.75, 3.05) is 26.9 Å². The van der Waals surface area contributed by atoms with E-state index in [-0.39, 0.29) is 6.61 Å². The van der Waals surface area contributed by atoms with Crippen molar-refractivity contribution in [1.29, 1.82) is 0 Å². The lowest BCUT2D eigenvalue weighted by Gasteiger charge is -2.15. The summed E-state index contributed by atoms with van der Waals surface area (Å²) in [7, 11) is 1.92. The molecule has 0 spiro atoms. The van der Waals surface area contributed by atoms with Gasteiger partial charge in [-0.3, -0.25) is 0 Å². The number of unbranched alkanes of at least 4 members (excludes halogenated alkanes) is 2. The molecule has 0 fully saturated rings. The van der Waals surface area contributed by atoms with Crippen molar-refractivity contribution in [3.63, 3.8) is 0 Å². The zero-order chi connectivity index (χ0) is 14.8. The minimum Gasteiger partial charge on any atom is -0.490 e. The van der Waals surface area contributed by atoms with Crippen LogP contribution in [0, 0.1) is 0 Å². The highest BCUT2D eigenvalue weighted by Gasteiger charge is 2.12. The van der Waals surface area contributed by atoms with Crippen LogP contribution in [0.25, 0.3) is 0 Å². The van der Waals surface area contributed by atoms with Gasteiger partial charge in [-0.2, -0.15) is 0 Å². The van der Waals surface area contributed by atoms with Crippen LogP contribution in [0.2, 0.25) is 0 Å². The van der Waals surface area contributed by atoms with Gasteiger partial charge in [-0.1, -0.05) is 0 Å². The summed E-state index contributed by atoms with van der Waals surface area (Å²) in [6.45, 7) is 4.23. The minimum atomic E-state index is 0.243. The predicted molar refractivity (Wildman–Crippen MR) is 84.5 cm³/mol. The third kappa shape index (κ3) is 5.69. The van der Waals surface area contributed by atoms with Crippen LogP contribution in [0.15, 0.2) is 16.6 Å². The Morgan fingerprint density at radius 2 is 2.00 bits per heavy atom. The maximum Gasteiger partial charge on any atom is 0.175 e. The van der Waals surface area contributed by atoms with Crippen molar-refractivity contribution in [2.45, 2.75) is 32.7 Å². The highest BCUT2D eigenvalue weighted by Crippen LogP contribution is 2.37. The number of halogens is 1. The first-order chi connectivity index (χ1) is 9.72. The average molecular weight is 346 g/mol. The summed E-state index contributed by atoms with van der Waals surface area (Å²) in [5, 5.41) is 11.9. The van der Waals surface area contributed by atoms with Crippen LogP contribution in [-0.4, -0.2) is 32.0 Å². The SMILES string of the molecule is CCOc1cc(CNC)cc(Br)c1OCCCCCO. The van der Waals surface area contributed by atoms with Gasteiger partial charge in [0, 0.05) is 13.2 Å². The Morgan fingerprint density at radius 1 is 1.20 bits per heavy atom. The lowest BCUT2D eigenvalue weighted by molar-refractivity contribution is 0.254. The molecule has 4 nitrogen and oxygen atoms in total. The molecular weight excluding hydrogens is 322 g/mol. The molecule has 0 bridgehead atoms. The Labute approximate surface area is 129 Å². The maximum atomic E-state index is 8.75. The summed E-state index contributed by atoms with van der Waals surface area (Å²) in [5.74, 6) is 1.53. The van der Waals surface area contributed by atoms with Crippen molar-refractivity contribution >= 4 is 15.9 Å². The van der Waals surface area contributed by atoms with E-state index in [0.717, 1.165) is 47.3 Å². The van der Waals surface area contributed by atoms with Gasteiger partial charge >= 0.3 is 0 Å². The molecule has 20 heavy (non-hydrogen) atoms. The van der Waals surface area contributed by atoms with Crippen molar-refractivity contribution in [3.05, 3.63) is 22.2 Å². The molecule has 0 amide bonds. The second kappa shape index (κ2) is 10.0. The molecular formula is C15H24BrNO3. The number of aliphatic hydroxyl groups excluding tert-OH is 1. The number of hydrogen-bond donors (Lipinski definition) is 2. The van der Waals surface area contributed by atoms with Crippen LogP contribution in [0.1, 0.15) is 31.7 Å². The van der Waals surface area contributed by atoms with E-state index in [1.165, 1.54) is 0 Å². The molecule has 0 unspecified atom stereocenters. The fourth-order valence-corrected chi connectivity index (χ4v) is 2.50. The van der Waals surface area contributed by atoms with Crippen molar-refractivity contribution < 1.29 is 14.6 Å². The molecule has 0 atom stereocenters. The van der Waals surface area contributed by atoms with E-state index >= 15 is 0 Å². The summed E-state index contributed by atoms with van der Waals surface area (Å²) in [6, 6.07) is 4.05. The molecule has 5 heteroatoms. The summed E-state index contributed by atoms with van der Waals surface area (Å²) in [5.41, 5.74) is 1.15. The molecule has 1 rings (SSSR count). The number of aliphatic hydroxyl groups is 1. The van der Waals surface area contributed by atoms with Gasteiger partial charge in [0.2, 0.25) is 0 Å². The zero-order valence-electron chi connectivity index (χ0n) is 12.2. The summed E-state index contributed by atoms with van der Waals surface area (Å²) < 4.78 is 12.4. The Balaban J connectivity index is 2.71. The van der Waals surface area contributed by atoms with Gasteiger partial charge in [0.25, 0.3) is 0 Å². The molecule has 0 heterocycles. The average Bonchev–Trinajstić information content (AvgIpc) is 2.42. The lowest BCUT2D eigenvalue weighted by atomic mass is 10.2. The molecule has 2 N–H and O–H groups in total. The van der Waals surface area contributed by atoms with E-state index in [9.17, 15) is 0 Å². The second-order valence-corrected chi connectivity index (χ2v) is 5.36. The topological polar surface area (TPSA) is 50.7 Å². The monoisotopic (exact) mass is 345 g/mol. The molecule has 0 aliphatic heterocycles. The molecule has 114 valence electrons. The third-order valence-electron chi connectivity index (χ3n) is 2.80. The molecule has 0 saturated heterocycles. The highest BCUT2D eigenvalue weighted by molar-refractivity contribution is 9.10. The summed E-state index contributed by atoms with van der Waals surface area (Å²) in [6.07, 6.45) is 2.72. The normalized spacial score (nSPS) is 10.6. The van der Waals surface area contributed by atoms with E-state index < -0.39 is 0 Å². The first-order valence-corrected chi connectivity index (χ1v) is 7.85. The van der Waals surface area contributed by atoms with Crippen LogP contribution >= 0.6 is 15.9 Å². The molecule has 0 saturated carbocycles. The predicted octanol–water partition coefficient (Wildman–Crippen LogP) is 3.11. The van der Waals surface area contributed by atoms with Crippen LogP contribution in [0.4, 0.5) is 0 Å². The van der Waals surface area contributed by atoms with Gasteiger partial charge in [0.1, 0.15) is 0 Å². The summed E-state index contributed by atoms with van der Waals surface area (Å²) in [4.78, 5) is 0.